The van der Waals surface area contributed by atoms with Gasteiger partial charge < -0.3 is 9.11 Å². The number of halogens is 4. The average molecular weight is 540 g/mol. The molecule has 0 spiro atoms. The first-order valence-electron chi connectivity index (χ1n) is 5.64. The maximum atomic E-state index is 10.5. The summed E-state index contributed by atoms with van der Waals surface area (Å²) in [5.41, 5.74) is 0. The zero-order valence-corrected chi connectivity index (χ0v) is 20.1. The van der Waals surface area contributed by atoms with Crippen LogP contribution in [-0.2, 0) is 20.2 Å². The number of benzene rings is 2. The van der Waals surface area contributed by atoms with E-state index in [4.69, 9.17) is 46.4 Å². The quantitative estimate of drug-likeness (QED) is 0.427. The monoisotopic (exact) mass is 538 g/mol. The van der Waals surface area contributed by atoms with Crippen LogP contribution in [0.5, 0.6) is 0 Å². The third-order valence-electron chi connectivity index (χ3n) is 2.33. The van der Waals surface area contributed by atoms with Crippen molar-refractivity contribution in [2.45, 2.75) is 9.79 Å². The van der Waals surface area contributed by atoms with Crippen molar-refractivity contribution in [1.82, 2.24) is 0 Å². The Morgan fingerprint density at radius 3 is 1.12 bits per heavy atom. The van der Waals surface area contributed by atoms with Gasteiger partial charge in [0.05, 0.1) is 19.8 Å². The van der Waals surface area contributed by atoms with Gasteiger partial charge in [0.1, 0.15) is 20.2 Å². The molecular weight excluding hydrogens is 534 g/mol. The van der Waals surface area contributed by atoms with Crippen LogP contribution in [0.15, 0.2) is 46.2 Å². The minimum Gasteiger partial charge on any atom is -0.744 e. The summed E-state index contributed by atoms with van der Waals surface area (Å²) < 4.78 is 62.9. The van der Waals surface area contributed by atoms with E-state index < -0.39 is 30.0 Å². The van der Waals surface area contributed by atoms with Gasteiger partial charge in [-0.2, -0.15) is 0 Å². The molecule has 2 rings (SSSR count). The van der Waals surface area contributed by atoms with Crippen molar-refractivity contribution in [3.05, 3.63) is 56.5 Å². The fourth-order valence-electron chi connectivity index (χ4n) is 1.36. The van der Waals surface area contributed by atoms with Gasteiger partial charge in [-0.05, 0) is 36.4 Å². The van der Waals surface area contributed by atoms with Crippen molar-refractivity contribution < 1.29 is 25.9 Å². The van der Waals surface area contributed by atoms with Gasteiger partial charge in [0.25, 0.3) is 0 Å². The van der Waals surface area contributed by atoms with E-state index in [0.717, 1.165) is 12.1 Å². The van der Waals surface area contributed by atoms with Crippen LogP contribution in [0.2, 0.25) is 20.1 Å². The molecule has 0 aliphatic carbocycles. The van der Waals surface area contributed by atoms with E-state index >= 15 is 0 Å². The predicted molar refractivity (Wildman–Crippen MR) is 94.6 cm³/mol. The maximum Gasteiger partial charge on any atom is 2.00 e. The fraction of sp³-hybridized carbons (Fsp3) is 0. The summed E-state index contributed by atoms with van der Waals surface area (Å²) in [6.07, 6.45) is 0. The largest absolute Gasteiger partial charge is 2.00 e. The first-order chi connectivity index (χ1) is 10.8. The molecule has 0 bridgehead atoms. The van der Waals surface area contributed by atoms with Gasteiger partial charge >= 0.3 is 45.5 Å². The smallest absolute Gasteiger partial charge is 0.744 e. The van der Waals surface area contributed by atoms with Gasteiger partial charge in [-0.25, -0.2) is 16.8 Å². The Bertz CT molecular complexity index is 884. The molecule has 0 aliphatic rings. The molecule has 13 heteroatoms. The second-order valence-electron chi connectivity index (χ2n) is 4.06. The summed E-state index contributed by atoms with van der Waals surface area (Å²) in [5.74, 6) is 0. The Morgan fingerprint density at radius 2 is 0.920 bits per heavy atom. The van der Waals surface area contributed by atoms with Crippen molar-refractivity contribution in [2.75, 3.05) is 0 Å². The molecule has 2 aromatic carbocycles. The zero-order chi connectivity index (χ0) is 18.7. The Morgan fingerprint density at radius 1 is 0.640 bits per heavy atom. The van der Waals surface area contributed by atoms with Gasteiger partial charge in [-0.3, -0.25) is 0 Å². The molecule has 0 saturated heterocycles. The van der Waals surface area contributed by atoms with Crippen LogP contribution >= 0.6 is 46.4 Å². The molecule has 0 unspecified atom stereocenters. The summed E-state index contributed by atoms with van der Waals surface area (Å²) in [7, 11) is -8.98. The first kappa shape index (κ1) is 25.9. The Balaban J connectivity index is 0.000000443. The van der Waals surface area contributed by atoms with Crippen molar-refractivity contribution in [3.63, 3.8) is 0 Å². The molecule has 0 amide bonds. The second kappa shape index (κ2) is 10.4. The summed E-state index contributed by atoms with van der Waals surface area (Å²) in [5, 5.41) is 0.259. The maximum absolute atomic E-state index is 10.5. The van der Waals surface area contributed by atoms with Gasteiger partial charge in [0, 0.05) is 10.0 Å². The molecule has 25 heavy (non-hydrogen) atoms. The van der Waals surface area contributed by atoms with Gasteiger partial charge in [-0.15, -0.1) is 0 Å². The summed E-state index contributed by atoms with van der Waals surface area (Å²) >= 11 is 21.9. The molecule has 0 aromatic heterocycles. The fourth-order valence-corrected chi connectivity index (χ4v) is 3.80. The minimum absolute atomic E-state index is 0. The van der Waals surface area contributed by atoms with Crippen LogP contribution in [-0.4, -0.2) is 71.4 Å². The van der Waals surface area contributed by atoms with Gasteiger partial charge in [0.15, 0.2) is 0 Å². The second-order valence-corrected chi connectivity index (χ2v) is 8.44. The van der Waals surface area contributed by atoms with Crippen molar-refractivity contribution in [1.29, 1.82) is 0 Å². The predicted octanol–water partition coefficient (Wildman–Crippen LogP) is 3.41. The Hall–Kier alpha value is 0.901. The van der Waals surface area contributed by atoms with E-state index in [1.54, 1.807) is 0 Å². The van der Waals surface area contributed by atoms with Crippen LogP contribution in [0.25, 0.3) is 0 Å². The summed E-state index contributed by atoms with van der Waals surface area (Å²) in [4.78, 5) is -0.901. The molecule has 0 saturated carbocycles. The Labute approximate surface area is 201 Å². The van der Waals surface area contributed by atoms with E-state index in [9.17, 15) is 25.9 Å². The zero-order valence-electron chi connectivity index (χ0n) is 11.9. The van der Waals surface area contributed by atoms with Crippen LogP contribution < -0.4 is 0 Å². The van der Waals surface area contributed by atoms with Gasteiger partial charge in [0.2, 0.25) is 0 Å². The van der Waals surface area contributed by atoms with Crippen molar-refractivity contribution in [2.24, 2.45) is 0 Å². The van der Waals surface area contributed by atoms with E-state index in [-0.39, 0.29) is 65.6 Å². The topological polar surface area (TPSA) is 114 Å². The molecule has 2 aromatic rings. The molecular formula is C12H6Cl4O6S2Sr. The van der Waals surface area contributed by atoms with E-state index in [0.29, 0.717) is 0 Å². The van der Waals surface area contributed by atoms with Crippen LogP contribution in [0, 0.1) is 0 Å². The molecule has 0 radical (unpaired) electrons. The molecule has 0 N–H and O–H groups in total. The molecule has 0 heterocycles. The third kappa shape index (κ3) is 8.63. The molecule has 0 aliphatic heterocycles. The number of hydrogen-bond acceptors (Lipinski definition) is 6. The van der Waals surface area contributed by atoms with Gasteiger partial charge in [-0.1, -0.05) is 46.4 Å². The SMILES string of the molecule is O=S(=O)([O-])c1ccc(Cl)cc1Cl.O=S(=O)([O-])c1ccc(Cl)cc1Cl.[Sr+2]. The summed E-state index contributed by atoms with van der Waals surface area (Å²) in [6, 6.07) is 7.14. The molecule has 6 nitrogen and oxygen atoms in total. The molecule has 0 atom stereocenters. The van der Waals surface area contributed by atoms with Crippen molar-refractivity contribution in [3.8, 4) is 0 Å². The van der Waals surface area contributed by atoms with Crippen molar-refractivity contribution >= 4 is 112 Å². The standard InChI is InChI=1S/2C6H4Cl2O3S.Sr/c2*7-4-1-2-6(5(8)3-4)12(9,10)11;/h2*1-3H,(H,9,10,11);/q;;+2/p-2. The van der Waals surface area contributed by atoms with E-state index in [1.165, 1.54) is 24.3 Å². The number of hydrogen-bond donors (Lipinski definition) is 0. The normalized spacial score (nSPS) is 11.1. The third-order valence-corrected chi connectivity index (χ3v) is 5.44. The summed E-state index contributed by atoms with van der Waals surface area (Å²) in [6.45, 7) is 0. The minimum atomic E-state index is -4.49. The van der Waals surface area contributed by atoms with Crippen LogP contribution in [0.1, 0.15) is 0 Å². The Kier molecular flexibility index (Phi) is 10.8. The molecule has 132 valence electrons. The van der Waals surface area contributed by atoms with E-state index in [2.05, 4.69) is 0 Å². The molecule has 0 fully saturated rings. The van der Waals surface area contributed by atoms with E-state index in [1.807, 2.05) is 0 Å². The van der Waals surface area contributed by atoms with Crippen LogP contribution in [0.3, 0.4) is 0 Å². The average Bonchev–Trinajstić information content (AvgIpc) is 2.35. The number of rotatable bonds is 2. The van der Waals surface area contributed by atoms with Crippen LogP contribution in [0.4, 0.5) is 0 Å². The first-order valence-corrected chi connectivity index (χ1v) is 9.97.